The second-order valence-corrected chi connectivity index (χ2v) is 5.04. The fourth-order valence-corrected chi connectivity index (χ4v) is 2.17. The van der Waals surface area contributed by atoms with Crippen LogP contribution >= 0.6 is 0 Å². The Bertz CT molecular complexity index is 536. The van der Waals surface area contributed by atoms with Gasteiger partial charge in [-0.15, -0.1) is 0 Å². The van der Waals surface area contributed by atoms with E-state index >= 15 is 0 Å². The van der Waals surface area contributed by atoms with Crippen molar-refractivity contribution in [2.24, 2.45) is 5.73 Å². The first kappa shape index (κ1) is 13.8. The molecular formula is C15H21N3O. The van der Waals surface area contributed by atoms with Crippen LogP contribution in [0.15, 0.2) is 36.7 Å². The fraction of sp³-hybridized carbons (Fsp3) is 0.400. The molecule has 1 aromatic carbocycles. The van der Waals surface area contributed by atoms with Gasteiger partial charge in [0.2, 0.25) is 0 Å². The topological polar surface area (TPSA) is 64.1 Å². The van der Waals surface area contributed by atoms with Crippen LogP contribution in [0.3, 0.4) is 0 Å². The predicted molar refractivity (Wildman–Crippen MR) is 75.7 cm³/mol. The van der Waals surface area contributed by atoms with Gasteiger partial charge in [-0.05, 0) is 25.8 Å². The molecule has 1 aromatic heterocycles. The molecule has 19 heavy (non-hydrogen) atoms. The van der Waals surface area contributed by atoms with E-state index in [4.69, 9.17) is 5.73 Å². The number of rotatable bonds is 5. The maximum atomic E-state index is 9.64. The number of aliphatic hydroxyl groups is 1. The molecule has 0 saturated carbocycles. The summed E-state index contributed by atoms with van der Waals surface area (Å²) in [7, 11) is 0. The zero-order valence-corrected chi connectivity index (χ0v) is 11.5. The summed E-state index contributed by atoms with van der Waals surface area (Å²) in [6, 6.07) is 9.76. The Morgan fingerprint density at radius 3 is 2.47 bits per heavy atom. The summed E-state index contributed by atoms with van der Waals surface area (Å²) in [5.41, 5.74) is 8.78. The van der Waals surface area contributed by atoms with Crippen molar-refractivity contribution >= 4 is 0 Å². The minimum absolute atomic E-state index is 0.0657. The summed E-state index contributed by atoms with van der Waals surface area (Å²) in [6.45, 7) is 4.72. The molecule has 0 spiro atoms. The molecular weight excluding hydrogens is 238 g/mol. The lowest BCUT2D eigenvalue weighted by atomic mass is 9.88. The zero-order valence-electron chi connectivity index (χ0n) is 11.5. The standard InChI is InChI=1S/C15H21N3O/c1-12-13(2)18(11-17-12)9-8-15(16,10-19)14-6-4-3-5-7-14/h3-7,11,19H,8-10,16H2,1-2H3. The first-order chi connectivity index (χ1) is 9.07. The van der Waals surface area contributed by atoms with Gasteiger partial charge < -0.3 is 15.4 Å². The van der Waals surface area contributed by atoms with E-state index in [-0.39, 0.29) is 6.61 Å². The summed E-state index contributed by atoms with van der Waals surface area (Å²) < 4.78 is 2.08. The van der Waals surface area contributed by atoms with Gasteiger partial charge in [-0.2, -0.15) is 0 Å². The molecule has 0 aliphatic rings. The molecule has 3 N–H and O–H groups in total. The summed E-state index contributed by atoms with van der Waals surface area (Å²) in [6.07, 6.45) is 2.50. The quantitative estimate of drug-likeness (QED) is 0.859. The summed E-state index contributed by atoms with van der Waals surface area (Å²) in [5.74, 6) is 0. The highest BCUT2D eigenvalue weighted by atomic mass is 16.3. The molecule has 0 saturated heterocycles. The molecule has 1 heterocycles. The number of hydrogen-bond donors (Lipinski definition) is 2. The number of nitrogens with two attached hydrogens (primary N) is 1. The normalized spacial score (nSPS) is 14.3. The minimum Gasteiger partial charge on any atom is -0.394 e. The van der Waals surface area contributed by atoms with E-state index in [0.29, 0.717) is 6.42 Å². The predicted octanol–water partition coefficient (Wildman–Crippen LogP) is 1.74. The Balaban J connectivity index is 2.14. The number of nitrogens with zero attached hydrogens (tertiary/aromatic N) is 2. The van der Waals surface area contributed by atoms with Crippen molar-refractivity contribution in [3.05, 3.63) is 53.6 Å². The SMILES string of the molecule is Cc1ncn(CCC(N)(CO)c2ccccc2)c1C. The van der Waals surface area contributed by atoms with Crippen molar-refractivity contribution in [1.82, 2.24) is 9.55 Å². The van der Waals surface area contributed by atoms with Gasteiger partial charge in [0, 0.05) is 12.2 Å². The molecule has 4 heteroatoms. The largest absolute Gasteiger partial charge is 0.394 e. The Morgan fingerprint density at radius 2 is 1.95 bits per heavy atom. The molecule has 0 aliphatic heterocycles. The van der Waals surface area contributed by atoms with Crippen LogP contribution in [0.4, 0.5) is 0 Å². The van der Waals surface area contributed by atoms with Gasteiger partial charge in [-0.1, -0.05) is 30.3 Å². The van der Waals surface area contributed by atoms with Crippen molar-refractivity contribution in [1.29, 1.82) is 0 Å². The minimum atomic E-state index is -0.703. The van der Waals surface area contributed by atoms with Gasteiger partial charge in [0.25, 0.3) is 0 Å². The maximum Gasteiger partial charge on any atom is 0.0951 e. The third kappa shape index (κ3) is 2.85. The van der Waals surface area contributed by atoms with Crippen LogP contribution in [-0.2, 0) is 12.1 Å². The van der Waals surface area contributed by atoms with Crippen LogP contribution in [0, 0.1) is 13.8 Å². The van der Waals surface area contributed by atoms with E-state index in [2.05, 4.69) is 9.55 Å². The molecule has 0 bridgehead atoms. The zero-order chi connectivity index (χ0) is 13.9. The second kappa shape index (κ2) is 5.55. The third-order valence-corrected chi connectivity index (χ3v) is 3.77. The first-order valence-corrected chi connectivity index (χ1v) is 6.50. The Labute approximate surface area is 113 Å². The van der Waals surface area contributed by atoms with Crippen LogP contribution < -0.4 is 5.73 Å². The molecule has 1 unspecified atom stereocenters. The Morgan fingerprint density at radius 1 is 1.26 bits per heavy atom. The van der Waals surface area contributed by atoms with Crippen molar-refractivity contribution in [2.45, 2.75) is 32.4 Å². The Kier molecular flexibility index (Phi) is 4.02. The number of imidazole rings is 1. The van der Waals surface area contributed by atoms with Gasteiger partial charge in [-0.25, -0.2) is 4.98 Å². The van der Waals surface area contributed by atoms with E-state index in [9.17, 15) is 5.11 Å². The lowest BCUT2D eigenvalue weighted by molar-refractivity contribution is 0.182. The highest BCUT2D eigenvalue weighted by Gasteiger charge is 2.26. The van der Waals surface area contributed by atoms with Gasteiger partial charge >= 0.3 is 0 Å². The lowest BCUT2D eigenvalue weighted by Crippen LogP contribution is -2.41. The molecule has 0 amide bonds. The van der Waals surface area contributed by atoms with Crippen LogP contribution in [0.2, 0.25) is 0 Å². The number of hydrogen-bond acceptors (Lipinski definition) is 3. The number of benzene rings is 1. The smallest absolute Gasteiger partial charge is 0.0951 e. The maximum absolute atomic E-state index is 9.64. The van der Waals surface area contributed by atoms with Crippen molar-refractivity contribution < 1.29 is 5.11 Å². The Hall–Kier alpha value is -1.65. The van der Waals surface area contributed by atoms with Crippen molar-refractivity contribution in [3.63, 3.8) is 0 Å². The van der Waals surface area contributed by atoms with E-state index in [1.54, 1.807) is 0 Å². The van der Waals surface area contributed by atoms with Crippen molar-refractivity contribution in [2.75, 3.05) is 6.61 Å². The molecule has 4 nitrogen and oxygen atoms in total. The second-order valence-electron chi connectivity index (χ2n) is 5.04. The third-order valence-electron chi connectivity index (χ3n) is 3.77. The summed E-state index contributed by atoms with van der Waals surface area (Å²) >= 11 is 0. The number of aryl methyl sites for hydroxylation is 2. The van der Waals surface area contributed by atoms with E-state index in [1.807, 2.05) is 50.5 Å². The van der Waals surface area contributed by atoms with Gasteiger partial charge in [-0.3, -0.25) is 0 Å². The molecule has 2 aromatic rings. The average molecular weight is 259 g/mol. The monoisotopic (exact) mass is 259 g/mol. The molecule has 0 fully saturated rings. The summed E-state index contributed by atoms with van der Waals surface area (Å²) in [5, 5.41) is 9.64. The molecule has 2 rings (SSSR count). The number of aliphatic hydroxyl groups excluding tert-OH is 1. The van der Waals surface area contributed by atoms with Crippen LogP contribution in [0.1, 0.15) is 23.4 Å². The van der Waals surface area contributed by atoms with Crippen molar-refractivity contribution in [3.8, 4) is 0 Å². The molecule has 102 valence electrons. The summed E-state index contributed by atoms with van der Waals surface area (Å²) in [4.78, 5) is 4.28. The highest BCUT2D eigenvalue weighted by Crippen LogP contribution is 2.22. The fourth-order valence-electron chi connectivity index (χ4n) is 2.17. The van der Waals surface area contributed by atoms with Crippen LogP contribution in [0.5, 0.6) is 0 Å². The number of aromatic nitrogens is 2. The van der Waals surface area contributed by atoms with Gasteiger partial charge in [0.05, 0.1) is 24.2 Å². The van der Waals surface area contributed by atoms with E-state index in [1.165, 1.54) is 0 Å². The first-order valence-electron chi connectivity index (χ1n) is 6.50. The average Bonchev–Trinajstić information content (AvgIpc) is 2.77. The molecule has 0 aliphatic carbocycles. The lowest BCUT2D eigenvalue weighted by Gasteiger charge is -2.28. The van der Waals surface area contributed by atoms with E-state index in [0.717, 1.165) is 23.5 Å². The van der Waals surface area contributed by atoms with Gasteiger partial charge in [0.1, 0.15) is 0 Å². The van der Waals surface area contributed by atoms with Crippen LogP contribution in [-0.4, -0.2) is 21.3 Å². The molecule has 0 radical (unpaired) electrons. The molecule has 1 atom stereocenters. The van der Waals surface area contributed by atoms with E-state index < -0.39 is 5.54 Å². The van der Waals surface area contributed by atoms with Crippen LogP contribution in [0.25, 0.3) is 0 Å². The van der Waals surface area contributed by atoms with Gasteiger partial charge in [0.15, 0.2) is 0 Å². The highest BCUT2D eigenvalue weighted by molar-refractivity contribution is 5.24.